The van der Waals surface area contributed by atoms with Crippen molar-refractivity contribution in [1.29, 1.82) is 0 Å². The first-order chi connectivity index (χ1) is 6.60. The minimum atomic E-state index is -0.212. The fraction of sp³-hybridized carbons (Fsp3) is 0.455. The smallest absolute Gasteiger partial charge is 0.144 e. The highest BCUT2D eigenvalue weighted by Gasteiger charge is 2.11. The van der Waals surface area contributed by atoms with Crippen LogP contribution in [0.15, 0.2) is 12.1 Å². The van der Waals surface area contributed by atoms with Gasteiger partial charge in [-0.1, -0.05) is 13.8 Å². The number of rotatable bonds is 3. The summed E-state index contributed by atoms with van der Waals surface area (Å²) in [5.41, 5.74) is 1.52. The molecule has 0 atom stereocenters. The van der Waals surface area contributed by atoms with Gasteiger partial charge in [-0.05, 0) is 17.5 Å². The molecule has 0 amide bonds. The number of ether oxygens (including phenoxy) is 1. The van der Waals surface area contributed by atoms with Gasteiger partial charge >= 0.3 is 0 Å². The molecule has 1 aromatic carbocycles. The standard InChI is InChI=1S/C11H16FNO/c1-7(2)8-5-10(13-3)11(14-4)6-9(8)12/h5-7,13H,1-4H3. The predicted octanol–water partition coefficient (Wildman–Crippen LogP) is 3.00. The van der Waals surface area contributed by atoms with Crippen LogP contribution in [0.5, 0.6) is 5.75 Å². The molecule has 0 saturated heterocycles. The molecule has 1 N–H and O–H groups in total. The summed E-state index contributed by atoms with van der Waals surface area (Å²) < 4.78 is 18.5. The van der Waals surface area contributed by atoms with Crippen LogP contribution in [0.25, 0.3) is 0 Å². The third-order valence-electron chi connectivity index (χ3n) is 2.21. The Balaban J connectivity index is 3.23. The maximum atomic E-state index is 13.5. The van der Waals surface area contributed by atoms with Crippen LogP contribution >= 0.6 is 0 Å². The van der Waals surface area contributed by atoms with Crippen molar-refractivity contribution in [2.45, 2.75) is 19.8 Å². The molecule has 0 aromatic heterocycles. The molecule has 78 valence electrons. The van der Waals surface area contributed by atoms with E-state index in [0.717, 1.165) is 5.69 Å². The Labute approximate surface area is 84.1 Å². The van der Waals surface area contributed by atoms with E-state index in [9.17, 15) is 4.39 Å². The molecule has 1 rings (SSSR count). The lowest BCUT2D eigenvalue weighted by Crippen LogP contribution is -1.99. The van der Waals surface area contributed by atoms with Crippen molar-refractivity contribution in [2.75, 3.05) is 19.5 Å². The lowest BCUT2D eigenvalue weighted by Gasteiger charge is -2.13. The number of hydrogen-bond acceptors (Lipinski definition) is 2. The normalized spacial score (nSPS) is 10.4. The lowest BCUT2D eigenvalue weighted by molar-refractivity contribution is 0.412. The van der Waals surface area contributed by atoms with E-state index in [1.807, 2.05) is 13.8 Å². The van der Waals surface area contributed by atoms with E-state index in [-0.39, 0.29) is 11.7 Å². The van der Waals surface area contributed by atoms with Crippen LogP contribution < -0.4 is 10.1 Å². The molecule has 0 bridgehead atoms. The number of benzene rings is 1. The first-order valence-electron chi connectivity index (χ1n) is 4.65. The van der Waals surface area contributed by atoms with E-state index >= 15 is 0 Å². The molecule has 0 fully saturated rings. The van der Waals surface area contributed by atoms with Gasteiger partial charge in [-0.15, -0.1) is 0 Å². The Morgan fingerprint density at radius 2 is 2.00 bits per heavy atom. The second-order valence-corrected chi connectivity index (χ2v) is 3.48. The van der Waals surface area contributed by atoms with Crippen LogP contribution in [0.4, 0.5) is 10.1 Å². The summed E-state index contributed by atoms with van der Waals surface area (Å²) in [6, 6.07) is 3.21. The third-order valence-corrected chi connectivity index (χ3v) is 2.21. The number of nitrogens with one attached hydrogen (secondary N) is 1. The highest BCUT2D eigenvalue weighted by Crippen LogP contribution is 2.30. The van der Waals surface area contributed by atoms with Crippen molar-refractivity contribution in [1.82, 2.24) is 0 Å². The maximum absolute atomic E-state index is 13.5. The van der Waals surface area contributed by atoms with Gasteiger partial charge < -0.3 is 10.1 Å². The zero-order valence-corrected chi connectivity index (χ0v) is 9.02. The molecule has 14 heavy (non-hydrogen) atoms. The van der Waals surface area contributed by atoms with Crippen molar-refractivity contribution < 1.29 is 9.13 Å². The van der Waals surface area contributed by atoms with Gasteiger partial charge in [0.1, 0.15) is 11.6 Å². The fourth-order valence-corrected chi connectivity index (χ4v) is 1.38. The Bertz CT molecular complexity index is 323. The average Bonchev–Trinajstić information content (AvgIpc) is 2.16. The molecule has 0 aliphatic carbocycles. The Morgan fingerprint density at radius 1 is 1.36 bits per heavy atom. The van der Waals surface area contributed by atoms with Crippen LogP contribution in [-0.2, 0) is 0 Å². The van der Waals surface area contributed by atoms with Gasteiger partial charge in [0, 0.05) is 13.1 Å². The van der Waals surface area contributed by atoms with Crippen molar-refractivity contribution in [3.05, 3.63) is 23.5 Å². The average molecular weight is 197 g/mol. The Kier molecular flexibility index (Phi) is 3.33. The van der Waals surface area contributed by atoms with Gasteiger partial charge in [0.05, 0.1) is 12.8 Å². The molecule has 0 radical (unpaired) electrons. The monoisotopic (exact) mass is 197 g/mol. The largest absolute Gasteiger partial charge is 0.494 e. The van der Waals surface area contributed by atoms with Crippen molar-refractivity contribution in [3.8, 4) is 5.75 Å². The van der Waals surface area contributed by atoms with Gasteiger partial charge in [0.25, 0.3) is 0 Å². The van der Waals surface area contributed by atoms with Crippen LogP contribution in [0.2, 0.25) is 0 Å². The summed E-state index contributed by atoms with van der Waals surface area (Å²) in [5, 5.41) is 2.98. The quantitative estimate of drug-likeness (QED) is 0.804. The van der Waals surface area contributed by atoms with Gasteiger partial charge in [-0.2, -0.15) is 0 Å². The Hall–Kier alpha value is -1.25. The second-order valence-electron chi connectivity index (χ2n) is 3.48. The summed E-state index contributed by atoms with van der Waals surface area (Å²) in [4.78, 5) is 0. The van der Waals surface area contributed by atoms with Gasteiger partial charge in [0.15, 0.2) is 0 Å². The Morgan fingerprint density at radius 3 is 2.43 bits per heavy atom. The summed E-state index contributed by atoms with van der Waals surface area (Å²) in [6.07, 6.45) is 0. The molecule has 0 aliphatic rings. The van der Waals surface area contributed by atoms with E-state index in [1.54, 1.807) is 13.1 Å². The minimum absolute atomic E-state index is 0.174. The van der Waals surface area contributed by atoms with Gasteiger partial charge in [-0.25, -0.2) is 4.39 Å². The van der Waals surface area contributed by atoms with Crippen LogP contribution in [0, 0.1) is 5.82 Å². The van der Waals surface area contributed by atoms with Crippen LogP contribution in [0.1, 0.15) is 25.3 Å². The molecule has 0 spiro atoms. The third kappa shape index (κ3) is 1.97. The van der Waals surface area contributed by atoms with Crippen molar-refractivity contribution in [3.63, 3.8) is 0 Å². The lowest BCUT2D eigenvalue weighted by atomic mass is 10.0. The highest BCUT2D eigenvalue weighted by atomic mass is 19.1. The topological polar surface area (TPSA) is 21.3 Å². The fourth-order valence-electron chi connectivity index (χ4n) is 1.38. The van der Waals surface area contributed by atoms with E-state index in [1.165, 1.54) is 13.2 Å². The number of anilines is 1. The summed E-state index contributed by atoms with van der Waals surface area (Å²) in [7, 11) is 3.32. The molecular weight excluding hydrogens is 181 g/mol. The number of hydrogen-bond donors (Lipinski definition) is 1. The molecule has 0 heterocycles. The van der Waals surface area contributed by atoms with Crippen LogP contribution in [0.3, 0.4) is 0 Å². The second kappa shape index (κ2) is 4.31. The zero-order valence-electron chi connectivity index (χ0n) is 9.02. The highest BCUT2D eigenvalue weighted by molar-refractivity contribution is 5.58. The molecule has 1 aromatic rings. The molecule has 0 unspecified atom stereocenters. The molecular formula is C11H16FNO. The summed E-state index contributed by atoms with van der Waals surface area (Å²) in [6.45, 7) is 3.93. The molecule has 0 saturated carbocycles. The van der Waals surface area contributed by atoms with E-state index in [4.69, 9.17) is 4.74 Å². The van der Waals surface area contributed by atoms with E-state index in [0.29, 0.717) is 11.3 Å². The van der Waals surface area contributed by atoms with Crippen molar-refractivity contribution in [2.24, 2.45) is 0 Å². The van der Waals surface area contributed by atoms with Crippen molar-refractivity contribution >= 4 is 5.69 Å². The first-order valence-corrected chi connectivity index (χ1v) is 4.65. The minimum Gasteiger partial charge on any atom is -0.494 e. The molecule has 0 aliphatic heterocycles. The molecule has 2 nitrogen and oxygen atoms in total. The van der Waals surface area contributed by atoms with E-state index in [2.05, 4.69) is 5.32 Å². The summed E-state index contributed by atoms with van der Waals surface area (Å²) >= 11 is 0. The number of halogens is 1. The zero-order chi connectivity index (χ0) is 10.7. The summed E-state index contributed by atoms with van der Waals surface area (Å²) in [5.74, 6) is 0.498. The van der Waals surface area contributed by atoms with Gasteiger partial charge in [0.2, 0.25) is 0 Å². The molecule has 3 heteroatoms. The van der Waals surface area contributed by atoms with Crippen LogP contribution in [-0.4, -0.2) is 14.2 Å². The predicted molar refractivity (Wildman–Crippen MR) is 56.6 cm³/mol. The SMILES string of the molecule is CNc1cc(C(C)C)c(F)cc1OC. The first kappa shape index (κ1) is 10.8. The number of methoxy groups -OCH3 is 1. The maximum Gasteiger partial charge on any atom is 0.144 e. The van der Waals surface area contributed by atoms with Gasteiger partial charge in [-0.3, -0.25) is 0 Å². The van der Waals surface area contributed by atoms with E-state index < -0.39 is 0 Å².